The number of H-pyrrole nitrogens is 1. The van der Waals surface area contributed by atoms with Gasteiger partial charge >= 0.3 is 0 Å². The standard InChI is InChI=1S/C13H16BrN5O/c14-9-4-16-13-11(10(5-17-13)18-7-20)12(9)19-3-1-2-8(15)6-19/h4-5,7-8H,1-3,6,15H2,(H,16,17)(H,18,20). The van der Waals surface area contributed by atoms with Gasteiger partial charge in [0.05, 0.1) is 21.2 Å². The Hall–Kier alpha value is -1.60. The van der Waals surface area contributed by atoms with Crippen LogP contribution in [0.25, 0.3) is 11.0 Å². The highest BCUT2D eigenvalue weighted by Crippen LogP contribution is 2.38. The molecule has 1 unspecified atom stereocenters. The summed E-state index contributed by atoms with van der Waals surface area (Å²) in [6, 6.07) is 0.181. The lowest BCUT2D eigenvalue weighted by Gasteiger charge is -2.33. The number of fused-ring (bicyclic) bond motifs is 1. The van der Waals surface area contributed by atoms with Crippen molar-refractivity contribution >= 4 is 44.7 Å². The third-order valence-electron chi connectivity index (χ3n) is 3.62. The van der Waals surface area contributed by atoms with E-state index in [0.29, 0.717) is 6.41 Å². The van der Waals surface area contributed by atoms with Gasteiger partial charge in [-0.15, -0.1) is 0 Å². The number of carbonyl (C=O) groups excluding carboxylic acids is 1. The molecule has 1 aliphatic heterocycles. The van der Waals surface area contributed by atoms with Crippen LogP contribution in [0.2, 0.25) is 0 Å². The molecule has 6 nitrogen and oxygen atoms in total. The van der Waals surface area contributed by atoms with Gasteiger partial charge in [0.15, 0.2) is 0 Å². The molecule has 1 aliphatic rings. The Labute approximate surface area is 124 Å². The molecule has 3 heterocycles. The average molecular weight is 338 g/mol. The van der Waals surface area contributed by atoms with E-state index in [4.69, 9.17) is 5.73 Å². The first-order valence-corrected chi connectivity index (χ1v) is 7.36. The third kappa shape index (κ3) is 2.27. The Morgan fingerprint density at radius 3 is 3.20 bits per heavy atom. The highest BCUT2D eigenvalue weighted by Gasteiger charge is 2.23. The third-order valence-corrected chi connectivity index (χ3v) is 4.20. The first-order valence-electron chi connectivity index (χ1n) is 6.57. The summed E-state index contributed by atoms with van der Waals surface area (Å²) in [5.74, 6) is 0. The summed E-state index contributed by atoms with van der Waals surface area (Å²) in [6.07, 6.45) is 6.33. The SMILES string of the molecule is NC1CCCN(c2c(Br)cnc3[nH]cc(NC=O)c23)C1. The van der Waals surface area contributed by atoms with Crippen LogP contribution in [0.1, 0.15) is 12.8 Å². The molecule has 20 heavy (non-hydrogen) atoms. The molecule has 1 fully saturated rings. The number of amides is 1. The minimum absolute atomic E-state index is 0.181. The number of hydrogen-bond donors (Lipinski definition) is 3. The number of pyridine rings is 1. The number of nitrogens with zero attached hydrogens (tertiary/aromatic N) is 2. The van der Waals surface area contributed by atoms with Crippen molar-refractivity contribution in [1.82, 2.24) is 9.97 Å². The minimum atomic E-state index is 0.181. The number of aromatic nitrogens is 2. The van der Waals surface area contributed by atoms with E-state index in [1.54, 1.807) is 12.4 Å². The Morgan fingerprint density at radius 1 is 1.60 bits per heavy atom. The fourth-order valence-corrected chi connectivity index (χ4v) is 3.31. The normalized spacial score (nSPS) is 19.3. The van der Waals surface area contributed by atoms with E-state index in [2.05, 4.69) is 36.1 Å². The molecule has 2 aromatic rings. The second kappa shape index (κ2) is 5.41. The van der Waals surface area contributed by atoms with Crippen molar-refractivity contribution in [3.63, 3.8) is 0 Å². The van der Waals surface area contributed by atoms with Gasteiger partial charge in [-0.2, -0.15) is 0 Å². The number of hydrogen-bond acceptors (Lipinski definition) is 4. The minimum Gasteiger partial charge on any atom is -0.368 e. The monoisotopic (exact) mass is 337 g/mol. The Kier molecular flexibility index (Phi) is 3.62. The molecule has 7 heteroatoms. The number of aromatic amines is 1. The Balaban J connectivity index is 2.13. The molecular weight excluding hydrogens is 322 g/mol. The maximum Gasteiger partial charge on any atom is 0.211 e. The van der Waals surface area contributed by atoms with Gasteiger partial charge in [-0.25, -0.2) is 4.98 Å². The van der Waals surface area contributed by atoms with E-state index in [-0.39, 0.29) is 6.04 Å². The average Bonchev–Trinajstić information content (AvgIpc) is 2.82. The van der Waals surface area contributed by atoms with Crippen LogP contribution in [0.3, 0.4) is 0 Å². The zero-order valence-corrected chi connectivity index (χ0v) is 12.5. The van der Waals surface area contributed by atoms with Crippen molar-refractivity contribution in [1.29, 1.82) is 0 Å². The number of rotatable bonds is 3. The highest BCUT2D eigenvalue weighted by molar-refractivity contribution is 9.10. The molecule has 1 atom stereocenters. The van der Waals surface area contributed by atoms with Crippen LogP contribution < -0.4 is 16.0 Å². The van der Waals surface area contributed by atoms with Gasteiger partial charge in [-0.1, -0.05) is 0 Å². The zero-order valence-electron chi connectivity index (χ0n) is 10.9. The van der Waals surface area contributed by atoms with Crippen molar-refractivity contribution in [2.75, 3.05) is 23.3 Å². The van der Waals surface area contributed by atoms with Gasteiger partial charge in [0.2, 0.25) is 6.41 Å². The van der Waals surface area contributed by atoms with Crippen LogP contribution >= 0.6 is 15.9 Å². The summed E-state index contributed by atoms with van der Waals surface area (Å²) in [7, 11) is 0. The van der Waals surface area contributed by atoms with Crippen molar-refractivity contribution in [2.45, 2.75) is 18.9 Å². The van der Waals surface area contributed by atoms with Gasteiger partial charge in [0.25, 0.3) is 0 Å². The molecule has 0 spiro atoms. The number of nitrogens with one attached hydrogen (secondary N) is 2. The smallest absolute Gasteiger partial charge is 0.211 e. The van der Waals surface area contributed by atoms with Crippen LogP contribution in [0.15, 0.2) is 16.9 Å². The van der Waals surface area contributed by atoms with Crippen LogP contribution in [-0.2, 0) is 4.79 Å². The van der Waals surface area contributed by atoms with Crippen molar-refractivity contribution in [2.24, 2.45) is 5.73 Å². The van der Waals surface area contributed by atoms with E-state index >= 15 is 0 Å². The lowest BCUT2D eigenvalue weighted by molar-refractivity contribution is -0.105. The molecule has 0 aromatic carbocycles. The van der Waals surface area contributed by atoms with Crippen molar-refractivity contribution < 1.29 is 4.79 Å². The topological polar surface area (TPSA) is 87.0 Å². The summed E-state index contributed by atoms with van der Waals surface area (Å²) in [5, 5.41) is 3.64. The predicted molar refractivity (Wildman–Crippen MR) is 82.9 cm³/mol. The molecule has 0 radical (unpaired) electrons. The number of halogens is 1. The quantitative estimate of drug-likeness (QED) is 0.745. The first-order chi connectivity index (χ1) is 9.70. The Morgan fingerprint density at radius 2 is 2.45 bits per heavy atom. The van der Waals surface area contributed by atoms with Gasteiger partial charge in [-0.3, -0.25) is 4.79 Å². The number of anilines is 2. The molecule has 1 amide bonds. The van der Waals surface area contributed by atoms with E-state index in [0.717, 1.165) is 52.8 Å². The van der Waals surface area contributed by atoms with Gasteiger partial charge in [0, 0.05) is 31.5 Å². The molecule has 4 N–H and O–H groups in total. The van der Waals surface area contributed by atoms with Crippen LogP contribution in [0, 0.1) is 0 Å². The number of piperidine rings is 1. The lowest BCUT2D eigenvalue weighted by atomic mass is 10.1. The molecule has 0 aliphatic carbocycles. The fourth-order valence-electron chi connectivity index (χ4n) is 2.76. The number of nitrogens with two attached hydrogens (primary N) is 1. The maximum absolute atomic E-state index is 10.7. The summed E-state index contributed by atoms with van der Waals surface area (Å²) in [4.78, 5) is 20.4. The van der Waals surface area contributed by atoms with Crippen molar-refractivity contribution in [3.05, 3.63) is 16.9 Å². The fraction of sp³-hybridized carbons (Fsp3) is 0.385. The molecule has 1 saturated heterocycles. The van der Waals surface area contributed by atoms with E-state index in [9.17, 15) is 4.79 Å². The molecule has 2 aromatic heterocycles. The van der Waals surface area contributed by atoms with Crippen molar-refractivity contribution in [3.8, 4) is 0 Å². The Bertz CT molecular complexity index is 641. The molecule has 0 saturated carbocycles. The molecule has 3 rings (SSSR count). The summed E-state index contributed by atoms with van der Waals surface area (Å²) >= 11 is 3.57. The molecular formula is C13H16BrN5O. The van der Waals surface area contributed by atoms with Crippen LogP contribution in [-0.4, -0.2) is 35.5 Å². The summed E-state index contributed by atoms with van der Waals surface area (Å²) in [5.41, 5.74) is 8.60. The predicted octanol–water partition coefficient (Wildman–Crippen LogP) is 1.82. The second-order valence-electron chi connectivity index (χ2n) is 4.99. The van der Waals surface area contributed by atoms with Gasteiger partial charge in [0.1, 0.15) is 5.65 Å². The molecule has 0 bridgehead atoms. The van der Waals surface area contributed by atoms with E-state index in [1.165, 1.54) is 0 Å². The zero-order chi connectivity index (χ0) is 14.1. The summed E-state index contributed by atoms with van der Waals surface area (Å²) in [6.45, 7) is 1.76. The van der Waals surface area contributed by atoms with Crippen LogP contribution in [0.5, 0.6) is 0 Å². The van der Waals surface area contributed by atoms with Crippen LogP contribution in [0.4, 0.5) is 11.4 Å². The largest absolute Gasteiger partial charge is 0.368 e. The highest BCUT2D eigenvalue weighted by atomic mass is 79.9. The van der Waals surface area contributed by atoms with E-state index in [1.807, 2.05) is 0 Å². The lowest BCUT2D eigenvalue weighted by Crippen LogP contribution is -2.43. The van der Waals surface area contributed by atoms with Gasteiger partial charge < -0.3 is 20.9 Å². The summed E-state index contributed by atoms with van der Waals surface area (Å²) < 4.78 is 0.910. The molecule has 106 valence electrons. The maximum atomic E-state index is 10.7. The second-order valence-corrected chi connectivity index (χ2v) is 5.85. The number of carbonyl (C=O) groups is 1. The first kappa shape index (κ1) is 13.4. The van der Waals surface area contributed by atoms with Gasteiger partial charge in [-0.05, 0) is 28.8 Å². The van der Waals surface area contributed by atoms with E-state index < -0.39 is 0 Å².